The number of aryl methyl sites for hydroxylation is 1. The van der Waals surface area contributed by atoms with E-state index in [1.807, 2.05) is 49.4 Å². The number of carbonyl (C=O) groups is 1. The van der Waals surface area contributed by atoms with E-state index < -0.39 is 0 Å². The molecule has 0 bridgehead atoms. The largest absolute Gasteiger partial charge is 0.508 e. The van der Waals surface area contributed by atoms with Gasteiger partial charge in [0, 0.05) is 29.2 Å². The number of benzene rings is 3. The number of anilines is 2. The van der Waals surface area contributed by atoms with Gasteiger partial charge in [-0.2, -0.15) is 9.61 Å². The Morgan fingerprint density at radius 3 is 2.68 bits per heavy atom. The van der Waals surface area contributed by atoms with Crippen molar-refractivity contribution < 1.29 is 15.0 Å². The predicted molar refractivity (Wildman–Crippen MR) is 148 cm³/mol. The number of hydrogen-bond acceptors (Lipinski definition) is 6. The molecule has 186 valence electrons. The molecule has 0 aliphatic heterocycles. The lowest BCUT2D eigenvalue weighted by Crippen LogP contribution is -2.15. The van der Waals surface area contributed by atoms with Crippen LogP contribution < -0.4 is 15.9 Å². The number of nitrogens with one attached hydrogen (secondary N) is 2. The highest BCUT2D eigenvalue weighted by Gasteiger charge is 2.13. The number of nitrogens with zero attached hydrogens (tertiary/aromatic N) is 3. The normalized spacial score (nSPS) is 11.0. The molecule has 0 aliphatic carbocycles. The van der Waals surface area contributed by atoms with Gasteiger partial charge < -0.3 is 20.8 Å². The van der Waals surface area contributed by atoms with Crippen molar-refractivity contribution >= 4 is 37.6 Å². The van der Waals surface area contributed by atoms with Crippen molar-refractivity contribution in [3.05, 3.63) is 95.7 Å². The smallest absolute Gasteiger partial charge is 0.228 e. The molecule has 3 aromatic carbocycles. The maximum atomic E-state index is 12.6. The summed E-state index contributed by atoms with van der Waals surface area (Å²) >= 11 is 0. The van der Waals surface area contributed by atoms with Crippen LogP contribution in [-0.2, 0) is 17.8 Å². The Hall–Kier alpha value is -4.42. The Bertz CT molecular complexity index is 1620. The SMILES string of the molecule is Cc1cc(O)ccc1CC(=O)Nc1cccc(CNc2cc(-c3ccccc3O)nc3c(P)cnn23)c1. The molecule has 0 saturated carbocycles. The molecule has 1 amide bonds. The molecule has 0 radical (unpaired) electrons. The van der Waals surface area contributed by atoms with Crippen molar-refractivity contribution in [2.45, 2.75) is 19.9 Å². The zero-order valence-corrected chi connectivity index (χ0v) is 21.3. The minimum atomic E-state index is -0.133. The minimum absolute atomic E-state index is 0.133. The van der Waals surface area contributed by atoms with E-state index in [0.29, 0.717) is 35.0 Å². The second-order valence-corrected chi connectivity index (χ2v) is 9.39. The van der Waals surface area contributed by atoms with Gasteiger partial charge in [0.1, 0.15) is 17.3 Å². The number of hydrogen-bond donors (Lipinski definition) is 4. The monoisotopic (exact) mass is 511 g/mol. The molecule has 5 rings (SSSR count). The first kappa shape index (κ1) is 24.3. The number of aromatic hydroxyl groups is 2. The van der Waals surface area contributed by atoms with Gasteiger partial charge >= 0.3 is 0 Å². The molecule has 4 N–H and O–H groups in total. The number of aromatic nitrogens is 3. The van der Waals surface area contributed by atoms with Crippen LogP contribution in [0.25, 0.3) is 16.9 Å². The summed E-state index contributed by atoms with van der Waals surface area (Å²) in [4.78, 5) is 17.3. The topological polar surface area (TPSA) is 112 Å². The fraction of sp³-hybridized carbons (Fsp3) is 0.107. The quantitative estimate of drug-likeness (QED) is 0.241. The molecule has 0 fully saturated rings. The Balaban J connectivity index is 1.33. The van der Waals surface area contributed by atoms with Gasteiger partial charge in [0.2, 0.25) is 5.91 Å². The molecule has 37 heavy (non-hydrogen) atoms. The highest BCUT2D eigenvalue weighted by atomic mass is 31.0. The number of carbonyl (C=O) groups excluding carboxylic acids is 1. The molecular weight excluding hydrogens is 485 g/mol. The Kier molecular flexibility index (Phi) is 6.75. The molecule has 8 nitrogen and oxygen atoms in total. The lowest BCUT2D eigenvalue weighted by Gasteiger charge is -2.13. The third kappa shape index (κ3) is 5.39. The second-order valence-electron chi connectivity index (χ2n) is 8.77. The van der Waals surface area contributed by atoms with Crippen molar-refractivity contribution in [2.75, 3.05) is 10.6 Å². The van der Waals surface area contributed by atoms with Crippen LogP contribution in [0, 0.1) is 6.92 Å². The summed E-state index contributed by atoms with van der Waals surface area (Å²) < 4.78 is 1.72. The van der Waals surface area contributed by atoms with Gasteiger partial charge in [-0.05, 0) is 60.0 Å². The van der Waals surface area contributed by atoms with Gasteiger partial charge in [-0.1, -0.05) is 39.6 Å². The first-order valence-corrected chi connectivity index (χ1v) is 12.3. The highest BCUT2D eigenvalue weighted by molar-refractivity contribution is 7.28. The van der Waals surface area contributed by atoms with Crippen LogP contribution in [0.15, 0.2) is 79.0 Å². The van der Waals surface area contributed by atoms with E-state index in [0.717, 1.165) is 22.0 Å². The van der Waals surface area contributed by atoms with Gasteiger partial charge in [-0.3, -0.25) is 4.79 Å². The van der Waals surface area contributed by atoms with E-state index in [-0.39, 0.29) is 23.8 Å². The van der Waals surface area contributed by atoms with Crippen molar-refractivity contribution in [3.8, 4) is 22.8 Å². The zero-order valence-electron chi connectivity index (χ0n) is 20.1. The fourth-order valence-electron chi connectivity index (χ4n) is 4.14. The lowest BCUT2D eigenvalue weighted by atomic mass is 10.0. The van der Waals surface area contributed by atoms with Crippen LogP contribution in [0.5, 0.6) is 11.5 Å². The van der Waals surface area contributed by atoms with E-state index in [1.54, 1.807) is 41.0 Å². The summed E-state index contributed by atoms with van der Waals surface area (Å²) in [6, 6.07) is 21.6. The van der Waals surface area contributed by atoms with Crippen LogP contribution >= 0.6 is 9.24 Å². The molecule has 5 aromatic rings. The first-order chi connectivity index (χ1) is 17.9. The average Bonchev–Trinajstić information content (AvgIpc) is 3.25. The van der Waals surface area contributed by atoms with Gasteiger partial charge in [0.25, 0.3) is 0 Å². The molecule has 2 heterocycles. The number of para-hydroxylation sites is 1. The zero-order chi connectivity index (χ0) is 25.9. The lowest BCUT2D eigenvalue weighted by molar-refractivity contribution is -0.115. The molecule has 0 spiro atoms. The Morgan fingerprint density at radius 2 is 1.86 bits per heavy atom. The molecule has 2 aromatic heterocycles. The molecular formula is C28H26N5O3P. The number of amides is 1. The number of phenols is 2. The standard InChI is InChI=1S/C28H26N5O3P/c1-17-11-21(34)10-9-19(17)13-27(36)31-20-6-4-5-18(12-20)15-29-26-14-23(22-7-2-3-8-24(22)35)32-28-25(37)16-30-33(26)28/h2-12,14,16,29,34-35H,13,15,37H2,1H3,(H,31,36). The summed E-state index contributed by atoms with van der Waals surface area (Å²) in [6.45, 7) is 2.35. The van der Waals surface area contributed by atoms with E-state index >= 15 is 0 Å². The summed E-state index contributed by atoms with van der Waals surface area (Å²) in [7, 11) is 2.63. The second kappa shape index (κ2) is 10.3. The first-order valence-electron chi connectivity index (χ1n) is 11.7. The number of rotatable bonds is 7. The third-order valence-electron chi connectivity index (χ3n) is 6.04. The van der Waals surface area contributed by atoms with Gasteiger partial charge in [-0.15, -0.1) is 0 Å². The molecule has 0 aliphatic rings. The summed E-state index contributed by atoms with van der Waals surface area (Å²) in [5.74, 6) is 0.923. The molecule has 1 atom stereocenters. The fourth-order valence-corrected chi connectivity index (χ4v) is 4.40. The molecule has 1 unspecified atom stereocenters. The van der Waals surface area contributed by atoms with Crippen molar-refractivity contribution in [3.63, 3.8) is 0 Å². The van der Waals surface area contributed by atoms with Gasteiger partial charge in [0.05, 0.1) is 18.3 Å². The number of phenolic OH excluding ortho intramolecular Hbond substituents is 2. The highest BCUT2D eigenvalue weighted by Crippen LogP contribution is 2.29. The van der Waals surface area contributed by atoms with E-state index in [9.17, 15) is 15.0 Å². The summed E-state index contributed by atoms with van der Waals surface area (Å²) in [5.41, 5.74) is 5.32. The van der Waals surface area contributed by atoms with E-state index in [4.69, 9.17) is 4.98 Å². The summed E-state index contributed by atoms with van der Waals surface area (Å²) in [5, 5.41) is 31.6. The maximum Gasteiger partial charge on any atom is 0.228 e. The Morgan fingerprint density at radius 1 is 1.03 bits per heavy atom. The molecule has 9 heteroatoms. The third-order valence-corrected chi connectivity index (χ3v) is 6.45. The van der Waals surface area contributed by atoms with Gasteiger partial charge in [-0.25, -0.2) is 4.98 Å². The maximum absolute atomic E-state index is 12.6. The van der Waals surface area contributed by atoms with Crippen LogP contribution in [0.1, 0.15) is 16.7 Å². The number of fused-ring (bicyclic) bond motifs is 1. The van der Waals surface area contributed by atoms with Crippen molar-refractivity contribution in [2.24, 2.45) is 0 Å². The van der Waals surface area contributed by atoms with E-state index in [2.05, 4.69) is 25.0 Å². The summed E-state index contributed by atoms with van der Waals surface area (Å²) in [6.07, 6.45) is 1.94. The predicted octanol–water partition coefficient (Wildman–Crippen LogP) is 4.41. The van der Waals surface area contributed by atoms with E-state index in [1.165, 1.54) is 0 Å². The average molecular weight is 512 g/mol. The van der Waals surface area contributed by atoms with Gasteiger partial charge in [0.15, 0.2) is 5.65 Å². The van der Waals surface area contributed by atoms with Crippen molar-refractivity contribution in [1.82, 2.24) is 14.6 Å². The molecule has 0 saturated heterocycles. The van der Waals surface area contributed by atoms with Crippen LogP contribution in [0.3, 0.4) is 0 Å². The van der Waals surface area contributed by atoms with Crippen LogP contribution in [0.2, 0.25) is 0 Å². The van der Waals surface area contributed by atoms with Crippen LogP contribution in [0.4, 0.5) is 11.5 Å². The Labute approximate surface area is 216 Å². The van der Waals surface area contributed by atoms with Crippen molar-refractivity contribution in [1.29, 1.82) is 0 Å². The minimum Gasteiger partial charge on any atom is -0.508 e. The van der Waals surface area contributed by atoms with Crippen LogP contribution in [-0.4, -0.2) is 30.7 Å².